The van der Waals surface area contributed by atoms with E-state index in [9.17, 15) is 9.59 Å². The molecule has 0 aromatic heterocycles. The Balaban J connectivity index is 1.33. The highest BCUT2D eigenvalue weighted by atomic mass is 35.5. The van der Waals surface area contributed by atoms with Crippen molar-refractivity contribution in [1.82, 2.24) is 9.80 Å². The summed E-state index contributed by atoms with van der Waals surface area (Å²) in [4.78, 5) is 31.9. The number of fused-ring (bicyclic) bond motifs is 1. The lowest BCUT2D eigenvalue weighted by molar-refractivity contribution is -0.141. The van der Waals surface area contributed by atoms with Crippen molar-refractivity contribution in [2.24, 2.45) is 11.8 Å². The summed E-state index contributed by atoms with van der Waals surface area (Å²) < 4.78 is 5.88. The monoisotopic (exact) mass is 433 g/mol. The molecular weight excluding hydrogens is 402 g/mol. The summed E-state index contributed by atoms with van der Waals surface area (Å²) in [6, 6.07) is 5.53. The molecule has 0 saturated carbocycles. The Kier molecular flexibility index (Phi) is 6.42. The number of nitrogens with zero attached hydrogens (tertiary/aromatic N) is 3. The molecule has 6 nitrogen and oxygen atoms in total. The highest BCUT2D eigenvalue weighted by Crippen LogP contribution is 2.35. The van der Waals surface area contributed by atoms with Crippen LogP contribution in [0.25, 0.3) is 0 Å². The topological polar surface area (TPSA) is 53.1 Å². The molecule has 1 aromatic carbocycles. The van der Waals surface area contributed by atoms with Gasteiger partial charge in [0.2, 0.25) is 11.8 Å². The van der Waals surface area contributed by atoms with Crippen LogP contribution in [0.5, 0.6) is 5.75 Å². The van der Waals surface area contributed by atoms with Crippen LogP contribution in [0.2, 0.25) is 5.02 Å². The maximum Gasteiger partial charge on any atom is 0.242 e. The van der Waals surface area contributed by atoms with E-state index in [2.05, 4.69) is 11.8 Å². The molecule has 0 bridgehead atoms. The molecule has 3 aliphatic heterocycles. The van der Waals surface area contributed by atoms with Crippen molar-refractivity contribution in [1.29, 1.82) is 0 Å². The zero-order chi connectivity index (χ0) is 21.3. The molecule has 0 aliphatic carbocycles. The highest BCUT2D eigenvalue weighted by Gasteiger charge is 2.33. The molecule has 4 rings (SSSR count). The van der Waals surface area contributed by atoms with E-state index in [1.807, 2.05) is 34.9 Å². The molecular formula is C23H32ClN3O3. The summed E-state index contributed by atoms with van der Waals surface area (Å²) in [7, 11) is 0. The number of piperidine rings is 2. The second-order valence-electron chi connectivity index (χ2n) is 9.11. The standard InChI is InChI=1S/C23H32ClN3O3/c1-16-4-3-9-26(13-16)23(29)18-7-10-25(11-8-18)22(28)15-27-14-17(2)30-21-6-5-19(24)12-20(21)27/h5-6,12,16-18H,3-4,7-11,13-15H2,1-2H3/t16-,17+/m1/s1. The lowest BCUT2D eigenvalue weighted by Gasteiger charge is -2.39. The summed E-state index contributed by atoms with van der Waals surface area (Å²) in [5.74, 6) is 1.82. The van der Waals surface area contributed by atoms with Gasteiger partial charge in [-0.2, -0.15) is 0 Å². The Morgan fingerprint density at radius 1 is 1.07 bits per heavy atom. The third-order valence-corrected chi connectivity index (χ3v) is 6.79. The highest BCUT2D eigenvalue weighted by molar-refractivity contribution is 6.31. The first-order chi connectivity index (χ1) is 14.4. The molecule has 2 amide bonds. The largest absolute Gasteiger partial charge is 0.487 e. The Hall–Kier alpha value is -1.95. The lowest BCUT2D eigenvalue weighted by atomic mass is 9.92. The van der Waals surface area contributed by atoms with Crippen molar-refractivity contribution >= 4 is 29.1 Å². The number of hydrogen-bond acceptors (Lipinski definition) is 4. The molecule has 164 valence electrons. The number of amides is 2. The minimum Gasteiger partial charge on any atom is -0.487 e. The van der Waals surface area contributed by atoms with E-state index >= 15 is 0 Å². The van der Waals surface area contributed by atoms with Gasteiger partial charge in [0.15, 0.2) is 0 Å². The van der Waals surface area contributed by atoms with Gasteiger partial charge in [-0.3, -0.25) is 9.59 Å². The molecule has 1 aromatic rings. The molecule has 30 heavy (non-hydrogen) atoms. The summed E-state index contributed by atoms with van der Waals surface area (Å²) in [5.41, 5.74) is 0.873. The van der Waals surface area contributed by atoms with Gasteiger partial charge in [0.1, 0.15) is 11.9 Å². The number of halogens is 1. The van der Waals surface area contributed by atoms with Crippen LogP contribution in [-0.2, 0) is 9.59 Å². The molecule has 2 atom stereocenters. The van der Waals surface area contributed by atoms with Gasteiger partial charge in [-0.05, 0) is 56.7 Å². The predicted molar refractivity (Wildman–Crippen MR) is 118 cm³/mol. The van der Waals surface area contributed by atoms with Gasteiger partial charge in [0.05, 0.1) is 18.8 Å². The van der Waals surface area contributed by atoms with Crippen molar-refractivity contribution in [2.45, 2.75) is 45.6 Å². The molecule has 7 heteroatoms. The fourth-order valence-corrected chi connectivity index (χ4v) is 5.10. The van der Waals surface area contributed by atoms with Crippen molar-refractivity contribution in [3.05, 3.63) is 23.2 Å². The van der Waals surface area contributed by atoms with Crippen LogP contribution in [0, 0.1) is 11.8 Å². The van der Waals surface area contributed by atoms with Gasteiger partial charge in [0, 0.05) is 37.1 Å². The predicted octanol–water partition coefficient (Wildman–Crippen LogP) is 3.42. The molecule has 0 N–H and O–H groups in total. The number of hydrogen-bond donors (Lipinski definition) is 0. The summed E-state index contributed by atoms with van der Waals surface area (Å²) in [5, 5.41) is 0.635. The number of rotatable bonds is 3. The number of benzene rings is 1. The normalized spacial score (nSPS) is 25.0. The van der Waals surface area contributed by atoms with Crippen LogP contribution < -0.4 is 9.64 Å². The van der Waals surface area contributed by atoms with Gasteiger partial charge >= 0.3 is 0 Å². The quantitative estimate of drug-likeness (QED) is 0.732. The fourth-order valence-electron chi connectivity index (χ4n) is 4.94. The van der Waals surface area contributed by atoms with Crippen molar-refractivity contribution in [3.63, 3.8) is 0 Å². The van der Waals surface area contributed by atoms with Crippen LogP contribution in [0.4, 0.5) is 5.69 Å². The van der Waals surface area contributed by atoms with Gasteiger partial charge in [-0.1, -0.05) is 18.5 Å². The molecule has 3 aliphatic rings. The number of carbonyl (C=O) groups excluding carboxylic acids is 2. The van der Waals surface area contributed by atoms with Crippen molar-refractivity contribution in [3.8, 4) is 5.75 Å². The van der Waals surface area contributed by atoms with Crippen LogP contribution in [-0.4, -0.2) is 67.0 Å². The minimum absolute atomic E-state index is 0.0155. The summed E-state index contributed by atoms with van der Waals surface area (Å²) in [6.45, 7) is 8.27. The third-order valence-electron chi connectivity index (χ3n) is 6.56. The fraction of sp³-hybridized carbons (Fsp3) is 0.652. The van der Waals surface area contributed by atoms with Crippen LogP contribution in [0.1, 0.15) is 39.5 Å². The molecule has 0 radical (unpaired) electrons. The van der Waals surface area contributed by atoms with Crippen LogP contribution in [0.15, 0.2) is 18.2 Å². The molecule has 0 spiro atoms. The zero-order valence-corrected chi connectivity index (χ0v) is 18.7. The Morgan fingerprint density at radius 2 is 1.83 bits per heavy atom. The lowest BCUT2D eigenvalue weighted by Crippen LogP contribution is -2.50. The average Bonchev–Trinajstić information content (AvgIpc) is 2.74. The van der Waals surface area contributed by atoms with Crippen molar-refractivity contribution < 1.29 is 14.3 Å². The molecule has 2 fully saturated rings. The number of ether oxygens (including phenoxy) is 1. The maximum atomic E-state index is 13.0. The van der Waals surface area contributed by atoms with Crippen LogP contribution in [0.3, 0.4) is 0 Å². The Bertz CT molecular complexity index is 794. The average molecular weight is 434 g/mol. The summed E-state index contributed by atoms with van der Waals surface area (Å²) >= 11 is 6.17. The molecule has 0 unspecified atom stereocenters. The van der Waals surface area contributed by atoms with E-state index in [1.165, 1.54) is 6.42 Å². The first-order valence-electron chi connectivity index (χ1n) is 11.2. The number of likely N-dealkylation sites (tertiary alicyclic amines) is 2. The van der Waals surface area contributed by atoms with Crippen LogP contribution >= 0.6 is 11.6 Å². The van der Waals surface area contributed by atoms with E-state index in [0.717, 1.165) is 43.8 Å². The van der Waals surface area contributed by atoms with E-state index in [1.54, 1.807) is 0 Å². The maximum absolute atomic E-state index is 13.0. The first-order valence-corrected chi connectivity index (χ1v) is 11.6. The van der Waals surface area contributed by atoms with E-state index in [0.29, 0.717) is 43.0 Å². The second-order valence-corrected chi connectivity index (χ2v) is 9.54. The van der Waals surface area contributed by atoms with E-state index in [-0.39, 0.29) is 17.9 Å². The van der Waals surface area contributed by atoms with Gasteiger partial charge in [0.25, 0.3) is 0 Å². The first kappa shape index (κ1) is 21.3. The minimum atomic E-state index is 0.0155. The second kappa shape index (κ2) is 9.04. The van der Waals surface area contributed by atoms with E-state index < -0.39 is 0 Å². The van der Waals surface area contributed by atoms with Crippen molar-refractivity contribution in [2.75, 3.05) is 44.2 Å². The molecule has 2 saturated heterocycles. The third kappa shape index (κ3) is 4.69. The SMILES string of the molecule is C[C@@H]1CCCN(C(=O)C2CCN(C(=O)CN3C[C@H](C)Oc4ccc(Cl)cc43)CC2)C1. The van der Waals surface area contributed by atoms with Gasteiger partial charge in [-0.15, -0.1) is 0 Å². The van der Waals surface area contributed by atoms with Gasteiger partial charge < -0.3 is 19.4 Å². The van der Waals surface area contributed by atoms with Gasteiger partial charge in [-0.25, -0.2) is 0 Å². The Morgan fingerprint density at radius 3 is 2.57 bits per heavy atom. The Labute approximate surface area is 184 Å². The zero-order valence-electron chi connectivity index (χ0n) is 18.0. The van der Waals surface area contributed by atoms with E-state index in [4.69, 9.17) is 16.3 Å². The smallest absolute Gasteiger partial charge is 0.242 e. The number of anilines is 1. The molecule has 3 heterocycles. The number of carbonyl (C=O) groups is 2. The summed E-state index contributed by atoms with van der Waals surface area (Å²) in [6.07, 6.45) is 3.86.